The van der Waals surface area contributed by atoms with Crippen LogP contribution in [-0.4, -0.2) is 24.8 Å². The molecule has 2 rings (SSSR count). The normalized spacial score (nSPS) is 20.1. The van der Waals surface area contributed by atoms with E-state index >= 15 is 0 Å². The lowest BCUT2D eigenvalue weighted by atomic mass is 10.1. The minimum absolute atomic E-state index is 0.0229. The van der Waals surface area contributed by atoms with Crippen LogP contribution in [0.15, 0.2) is 18.2 Å². The molecule has 1 aliphatic heterocycles. The number of anilines is 1. The molecule has 2 amide bonds. The quantitative estimate of drug-likeness (QED) is 0.895. The fourth-order valence-electron chi connectivity index (χ4n) is 2.04. The van der Waals surface area contributed by atoms with Crippen LogP contribution < -0.4 is 10.6 Å². The third-order valence-corrected chi connectivity index (χ3v) is 3.80. The third-order valence-electron chi connectivity index (χ3n) is 3.06. The summed E-state index contributed by atoms with van der Waals surface area (Å²) in [5.41, 5.74) is 0.603. The van der Waals surface area contributed by atoms with E-state index in [-0.39, 0.29) is 18.2 Å². The number of rotatable bonds is 3. The molecule has 0 aliphatic carbocycles. The molecule has 104 valence electrons. The molecule has 0 saturated carbocycles. The second-order valence-electron chi connectivity index (χ2n) is 4.57. The molecule has 1 saturated heterocycles. The minimum Gasteiger partial charge on any atom is -0.376 e. The van der Waals surface area contributed by atoms with Crippen molar-refractivity contribution in [2.24, 2.45) is 0 Å². The molecule has 2 N–H and O–H groups in total. The van der Waals surface area contributed by atoms with Gasteiger partial charge in [0, 0.05) is 12.3 Å². The highest BCUT2D eigenvalue weighted by atomic mass is 35.5. The number of ether oxygens (including phenoxy) is 1. The molecule has 1 fully saturated rings. The fourth-order valence-corrected chi connectivity index (χ4v) is 2.34. The highest BCUT2D eigenvalue weighted by Crippen LogP contribution is 2.25. The lowest BCUT2D eigenvalue weighted by Gasteiger charge is -2.20. The van der Waals surface area contributed by atoms with E-state index in [1.54, 1.807) is 18.2 Å². The van der Waals surface area contributed by atoms with Crippen molar-refractivity contribution in [3.63, 3.8) is 0 Å². The summed E-state index contributed by atoms with van der Waals surface area (Å²) in [6.45, 7) is 2.70. The molecule has 0 aromatic heterocycles. The van der Waals surface area contributed by atoms with E-state index in [9.17, 15) is 4.79 Å². The van der Waals surface area contributed by atoms with Crippen molar-refractivity contribution in [1.82, 2.24) is 5.32 Å². The Balaban J connectivity index is 1.88. The van der Waals surface area contributed by atoms with Gasteiger partial charge in [0.15, 0.2) is 0 Å². The van der Waals surface area contributed by atoms with Crippen molar-refractivity contribution >= 4 is 34.9 Å². The molecule has 19 heavy (non-hydrogen) atoms. The predicted molar refractivity (Wildman–Crippen MR) is 77.1 cm³/mol. The van der Waals surface area contributed by atoms with Gasteiger partial charge in [-0.05, 0) is 38.0 Å². The van der Waals surface area contributed by atoms with E-state index in [0.29, 0.717) is 15.7 Å². The fraction of sp³-hybridized carbons (Fsp3) is 0.462. The molecular formula is C13H16Cl2N2O2. The summed E-state index contributed by atoms with van der Waals surface area (Å²) in [4.78, 5) is 11.8. The summed E-state index contributed by atoms with van der Waals surface area (Å²) in [7, 11) is 0. The van der Waals surface area contributed by atoms with E-state index in [1.165, 1.54) is 0 Å². The second kappa shape index (κ2) is 6.46. The van der Waals surface area contributed by atoms with Crippen LogP contribution in [-0.2, 0) is 4.74 Å². The molecule has 6 heteroatoms. The van der Waals surface area contributed by atoms with Crippen LogP contribution in [0.3, 0.4) is 0 Å². The second-order valence-corrected chi connectivity index (χ2v) is 5.38. The van der Waals surface area contributed by atoms with E-state index in [4.69, 9.17) is 27.9 Å². The van der Waals surface area contributed by atoms with Gasteiger partial charge in [-0.2, -0.15) is 0 Å². The summed E-state index contributed by atoms with van der Waals surface area (Å²) in [6.07, 6.45) is 2.12. The molecule has 1 aromatic carbocycles. The number of nitrogens with one attached hydrogen (secondary N) is 2. The topological polar surface area (TPSA) is 50.4 Å². The molecule has 0 radical (unpaired) electrons. The Morgan fingerprint density at radius 3 is 2.84 bits per heavy atom. The monoisotopic (exact) mass is 302 g/mol. The Morgan fingerprint density at radius 2 is 2.21 bits per heavy atom. The number of hydrogen-bond donors (Lipinski definition) is 2. The van der Waals surface area contributed by atoms with Gasteiger partial charge in [-0.3, -0.25) is 0 Å². The summed E-state index contributed by atoms with van der Waals surface area (Å²) in [5.74, 6) is 0. The van der Waals surface area contributed by atoms with Gasteiger partial charge < -0.3 is 15.4 Å². The number of hydrogen-bond acceptors (Lipinski definition) is 2. The Morgan fingerprint density at radius 1 is 1.42 bits per heavy atom. The molecule has 1 aromatic rings. The lowest BCUT2D eigenvalue weighted by molar-refractivity contribution is 0.0868. The first-order chi connectivity index (χ1) is 9.06. The van der Waals surface area contributed by atoms with Crippen LogP contribution in [0.4, 0.5) is 10.5 Å². The number of halogens is 2. The largest absolute Gasteiger partial charge is 0.376 e. The first kappa shape index (κ1) is 14.4. The van der Waals surface area contributed by atoms with Gasteiger partial charge >= 0.3 is 6.03 Å². The number of carbonyl (C=O) groups is 1. The van der Waals surface area contributed by atoms with Crippen molar-refractivity contribution in [3.8, 4) is 0 Å². The zero-order valence-electron chi connectivity index (χ0n) is 10.6. The number of urea groups is 1. The van der Waals surface area contributed by atoms with Gasteiger partial charge in [-0.15, -0.1) is 0 Å². The third kappa shape index (κ3) is 4.00. The zero-order valence-corrected chi connectivity index (χ0v) is 12.1. The van der Waals surface area contributed by atoms with E-state index in [2.05, 4.69) is 10.6 Å². The van der Waals surface area contributed by atoms with Gasteiger partial charge in [0.2, 0.25) is 0 Å². The smallest absolute Gasteiger partial charge is 0.319 e. The van der Waals surface area contributed by atoms with Crippen LogP contribution in [0.25, 0.3) is 0 Å². The number of carbonyl (C=O) groups excluding carboxylic acids is 1. The standard InChI is InChI=1S/C13H16Cl2N2O2/c1-8(12-3-2-6-19-12)16-13(18)17-9-4-5-10(14)11(15)7-9/h4-5,7-8,12H,2-3,6H2,1H3,(H2,16,17,18)/t8-,12+/m0/s1. The Bertz CT molecular complexity index is 462. The molecule has 0 spiro atoms. The Hall–Kier alpha value is -0.970. The molecule has 1 heterocycles. The number of amides is 2. The van der Waals surface area contributed by atoms with Crippen LogP contribution in [0.1, 0.15) is 19.8 Å². The average molecular weight is 303 g/mol. The van der Waals surface area contributed by atoms with Gasteiger partial charge in [-0.1, -0.05) is 23.2 Å². The van der Waals surface area contributed by atoms with Crippen molar-refractivity contribution in [3.05, 3.63) is 28.2 Å². The maximum atomic E-state index is 11.8. The van der Waals surface area contributed by atoms with E-state index in [1.807, 2.05) is 6.92 Å². The zero-order chi connectivity index (χ0) is 13.8. The highest BCUT2D eigenvalue weighted by Gasteiger charge is 2.23. The first-order valence-corrected chi connectivity index (χ1v) is 6.96. The van der Waals surface area contributed by atoms with Crippen LogP contribution in [0.5, 0.6) is 0 Å². The van der Waals surface area contributed by atoms with E-state index in [0.717, 1.165) is 19.4 Å². The summed E-state index contributed by atoms with van der Waals surface area (Å²) in [5, 5.41) is 6.44. The van der Waals surface area contributed by atoms with Crippen LogP contribution >= 0.6 is 23.2 Å². The van der Waals surface area contributed by atoms with E-state index < -0.39 is 0 Å². The van der Waals surface area contributed by atoms with Gasteiger partial charge in [0.1, 0.15) is 0 Å². The molecule has 0 unspecified atom stereocenters. The molecule has 4 nitrogen and oxygen atoms in total. The van der Waals surface area contributed by atoms with Crippen molar-refractivity contribution in [1.29, 1.82) is 0 Å². The minimum atomic E-state index is -0.276. The molecule has 2 atom stereocenters. The Kier molecular flexibility index (Phi) is 4.91. The lowest BCUT2D eigenvalue weighted by Crippen LogP contribution is -2.42. The van der Waals surface area contributed by atoms with Gasteiger partial charge in [0.25, 0.3) is 0 Å². The maximum Gasteiger partial charge on any atom is 0.319 e. The van der Waals surface area contributed by atoms with Gasteiger partial charge in [-0.25, -0.2) is 4.79 Å². The summed E-state index contributed by atoms with van der Waals surface area (Å²) < 4.78 is 5.52. The predicted octanol–water partition coefficient (Wildman–Crippen LogP) is 3.68. The van der Waals surface area contributed by atoms with Crippen molar-refractivity contribution < 1.29 is 9.53 Å². The van der Waals surface area contributed by atoms with Crippen LogP contribution in [0.2, 0.25) is 10.0 Å². The number of benzene rings is 1. The molecular weight excluding hydrogens is 287 g/mol. The van der Waals surface area contributed by atoms with Crippen molar-refractivity contribution in [2.45, 2.75) is 31.9 Å². The SMILES string of the molecule is C[C@H](NC(=O)Nc1ccc(Cl)c(Cl)c1)[C@H]1CCCO1. The van der Waals surface area contributed by atoms with Gasteiger partial charge in [0.05, 0.1) is 22.2 Å². The molecule has 1 aliphatic rings. The van der Waals surface area contributed by atoms with Crippen molar-refractivity contribution in [2.75, 3.05) is 11.9 Å². The summed E-state index contributed by atoms with van der Waals surface area (Å²) >= 11 is 11.7. The highest BCUT2D eigenvalue weighted by molar-refractivity contribution is 6.42. The maximum absolute atomic E-state index is 11.8. The van der Waals surface area contributed by atoms with Crippen LogP contribution in [0, 0.1) is 0 Å². The molecule has 0 bridgehead atoms. The first-order valence-electron chi connectivity index (χ1n) is 6.20. The average Bonchev–Trinajstić information content (AvgIpc) is 2.87. The summed E-state index contributed by atoms with van der Waals surface area (Å²) in [6, 6.07) is 4.65. The Labute approximate surface area is 122 Å².